The standard InChI is InChI=1S/C13H13NS2/c1-2-3-9-8-12-10(4-6-15-12)14-11-5-7-16-13(9)11/h4-9H,2-3H2,1H3. The van der Waals surface area contributed by atoms with Gasteiger partial charge in [0, 0.05) is 15.3 Å². The summed E-state index contributed by atoms with van der Waals surface area (Å²) in [6.07, 6.45) is 4.84. The van der Waals surface area contributed by atoms with Crippen LogP contribution >= 0.6 is 22.7 Å². The van der Waals surface area contributed by atoms with Gasteiger partial charge in [0.05, 0.1) is 11.0 Å². The Hall–Kier alpha value is -0.930. The van der Waals surface area contributed by atoms with Gasteiger partial charge in [0.25, 0.3) is 0 Å². The van der Waals surface area contributed by atoms with E-state index >= 15 is 0 Å². The van der Waals surface area contributed by atoms with Gasteiger partial charge in [0.15, 0.2) is 0 Å². The van der Waals surface area contributed by atoms with Crippen molar-refractivity contribution in [1.82, 2.24) is 0 Å². The van der Waals surface area contributed by atoms with E-state index in [4.69, 9.17) is 4.99 Å². The maximum atomic E-state index is 4.74. The largest absolute Gasteiger partial charge is 0.246 e. The predicted octanol–water partition coefficient (Wildman–Crippen LogP) is 3.44. The highest BCUT2D eigenvalue weighted by Gasteiger charge is 2.16. The Bertz CT molecular complexity index is 606. The third kappa shape index (κ3) is 1.64. The summed E-state index contributed by atoms with van der Waals surface area (Å²) < 4.78 is 1.34. The molecule has 1 aliphatic heterocycles. The molecule has 0 saturated heterocycles. The molecule has 0 aliphatic carbocycles. The average molecular weight is 247 g/mol. The van der Waals surface area contributed by atoms with Gasteiger partial charge in [0.2, 0.25) is 0 Å². The Labute approximate surface area is 103 Å². The molecule has 3 heterocycles. The molecule has 16 heavy (non-hydrogen) atoms. The highest BCUT2D eigenvalue weighted by atomic mass is 32.1. The van der Waals surface area contributed by atoms with Crippen molar-refractivity contribution in [3.05, 3.63) is 37.7 Å². The summed E-state index contributed by atoms with van der Waals surface area (Å²) in [5.74, 6) is 0.559. The second kappa shape index (κ2) is 4.15. The maximum Gasteiger partial charge on any atom is 0.0814 e. The normalized spacial score (nSPS) is 17.9. The number of fused-ring (bicyclic) bond motifs is 2. The van der Waals surface area contributed by atoms with E-state index < -0.39 is 0 Å². The third-order valence-corrected chi connectivity index (χ3v) is 4.79. The molecule has 0 amide bonds. The molecule has 3 rings (SSSR count). The Balaban J connectivity index is 2.24. The molecular formula is C13H13NS2. The van der Waals surface area contributed by atoms with Crippen molar-refractivity contribution in [2.75, 3.05) is 0 Å². The molecule has 0 saturated carbocycles. The van der Waals surface area contributed by atoms with E-state index in [1.807, 2.05) is 11.3 Å². The summed E-state index contributed by atoms with van der Waals surface area (Å²) in [5.41, 5.74) is 1.18. The minimum atomic E-state index is 0.559. The van der Waals surface area contributed by atoms with E-state index in [2.05, 4.69) is 35.9 Å². The van der Waals surface area contributed by atoms with E-state index in [1.54, 1.807) is 11.3 Å². The monoisotopic (exact) mass is 247 g/mol. The predicted molar refractivity (Wildman–Crippen MR) is 71.2 cm³/mol. The summed E-state index contributed by atoms with van der Waals surface area (Å²) in [5, 5.41) is 5.43. The molecule has 0 spiro atoms. The lowest BCUT2D eigenvalue weighted by Crippen LogP contribution is -2.17. The fourth-order valence-electron chi connectivity index (χ4n) is 2.13. The van der Waals surface area contributed by atoms with E-state index in [9.17, 15) is 0 Å². The van der Waals surface area contributed by atoms with Crippen LogP contribution in [0.15, 0.2) is 27.9 Å². The highest BCUT2D eigenvalue weighted by molar-refractivity contribution is 7.10. The van der Waals surface area contributed by atoms with Crippen molar-refractivity contribution in [3.8, 4) is 0 Å². The Kier molecular flexibility index (Phi) is 2.65. The number of rotatable bonds is 2. The van der Waals surface area contributed by atoms with E-state index in [0.717, 1.165) is 5.36 Å². The van der Waals surface area contributed by atoms with Crippen molar-refractivity contribution in [2.24, 2.45) is 4.99 Å². The minimum absolute atomic E-state index is 0.559. The first-order chi connectivity index (χ1) is 7.88. The molecule has 1 nitrogen and oxygen atoms in total. The summed E-state index contributed by atoms with van der Waals surface area (Å²) in [7, 11) is 0. The SMILES string of the molecule is CCCC1C=c2sccc2=Nc2ccsc21. The van der Waals surface area contributed by atoms with Gasteiger partial charge >= 0.3 is 0 Å². The van der Waals surface area contributed by atoms with E-state index in [0.29, 0.717) is 5.92 Å². The van der Waals surface area contributed by atoms with Gasteiger partial charge in [-0.05, 0) is 29.3 Å². The van der Waals surface area contributed by atoms with Crippen molar-refractivity contribution in [2.45, 2.75) is 25.7 Å². The number of nitrogens with zero attached hydrogens (tertiary/aromatic N) is 1. The van der Waals surface area contributed by atoms with Gasteiger partial charge in [-0.15, -0.1) is 22.7 Å². The fourth-order valence-corrected chi connectivity index (χ4v) is 3.89. The van der Waals surface area contributed by atoms with Crippen molar-refractivity contribution in [1.29, 1.82) is 0 Å². The van der Waals surface area contributed by atoms with Crippen LogP contribution in [0.5, 0.6) is 0 Å². The van der Waals surface area contributed by atoms with Crippen molar-refractivity contribution < 1.29 is 0 Å². The topological polar surface area (TPSA) is 12.4 Å². The molecule has 82 valence electrons. The van der Waals surface area contributed by atoms with Gasteiger partial charge in [-0.25, -0.2) is 4.99 Å². The Morgan fingerprint density at radius 3 is 3.00 bits per heavy atom. The molecule has 0 N–H and O–H groups in total. The smallest absolute Gasteiger partial charge is 0.0814 e. The molecule has 0 radical (unpaired) electrons. The number of hydrogen-bond donors (Lipinski definition) is 0. The first-order valence-electron chi connectivity index (χ1n) is 5.60. The molecule has 1 atom stereocenters. The van der Waals surface area contributed by atoms with Crippen LogP contribution in [-0.4, -0.2) is 0 Å². The fraction of sp³-hybridized carbons (Fsp3) is 0.308. The average Bonchev–Trinajstić information content (AvgIpc) is 2.87. The maximum absolute atomic E-state index is 4.74. The third-order valence-electron chi connectivity index (χ3n) is 2.88. The summed E-state index contributed by atoms with van der Waals surface area (Å²) >= 11 is 3.64. The Morgan fingerprint density at radius 2 is 2.12 bits per heavy atom. The van der Waals surface area contributed by atoms with Gasteiger partial charge in [-0.2, -0.15) is 0 Å². The molecule has 2 aromatic heterocycles. The van der Waals surface area contributed by atoms with Crippen LogP contribution in [0.4, 0.5) is 5.69 Å². The quantitative estimate of drug-likeness (QED) is 0.771. The lowest BCUT2D eigenvalue weighted by Gasteiger charge is -2.08. The zero-order chi connectivity index (χ0) is 11.0. The number of thiophene rings is 2. The molecule has 2 aromatic rings. The zero-order valence-electron chi connectivity index (χ0n) is 9.14. The van der Waals surface area contributed by atoms with Crippen molar-refractivity contribution in [3.63, 3.8) is 0 Å². The molecule has 0 aromatic carbocycles. The second-order valence-electron chi connectivity index (χ2n) is 4.01. The van der Waals surface area contributed by atoms with E-state index in [-0.39, 0.29) is 0 Å². The molecular weight excluding hydrogens is 234 g/mol. The second-order valence-corrected chi connectivity index (χ2v) is 5.91. The van der Waals surface area contributed by atoms with E-state index in [1.165, 1.54) is 27.9 Å². The first-order valence-corrected chi connectivity index (χ1v) is 7.36. The van der Waals surface area contributed by atoms with Crippen LogP contribution in [0.2, 0.25) is 0 Å². The zero-order valence-corrected chi connectivity index (χ0v) is 10.8. The highest BCUT2D eigenvalue weighted by Crippen LogP contribution is 2.36. The van der Waals surface area contributed by atoms with Crippen LogP contribution in [0.1, 0.15) is 30.6 Å². The van der Waals surface area contributed by atoms with Gasteiger partial charge in [-0.1, -0.05) is 19.4 Å². The molecule has 0 fully saturated rings. The van der Waals surface area contributed by atoms with Gasteiger partial charge in [-0.3, -0.25) is 0 Å². The van der Waals surface area contributed by atoms with Gasteiger partial charge in [0.1, 0.15) is 0 Å². The molecule has 0 bridgehead atoms. The molecule has 3 heteroatoms. The first kappa shape index (κ1) is 10.2. The van der Waals surface area contributed by atoms with Crippen LogP contribution < -0.4 is 9.89 Å². The van der Waals surface area contributed by atoms with Gasteiger partial charge < -0.3 is 0 Å². The minimum Gasteiger partial charge on any atom is -0.246 e. The molecule has 1 unspecified atom stereocenters. The lowest BCUT2D eigenvalue weighted by atomic mass is 10.0. The van der Waals surface area contributed by atoms with Crippen molar-refractivity contribution >= 4 is 34.4 Å². The van der Waals surface area contributed by atoms with Crippen LogP contribution in [-0.2, 0) is 0 Å². The molecule has 1 aliphatic rings. The summed E-state index contributed by atoms with van der Waals surface area (Å²) in [4.78, 5) is 6.18. The Morgan fingerprint density at radius 1 is 1.25 bits per heavy atom. The van der Waals surface area contributed by atoms with Crippen LogP contribution in [0.3, 0.4) is 0 Å². The van der Waals surface area contributed by atoms with Crippen LogP contribution in [0, 0.1) is 0 Å². The van der Waals surface area contributed by atoms with Crippen LogP contribution in [0.25, 0.3) is 6.08 Å². The summed E-state index contributed by atoms with van der Waals surface area (Å²) in [6, 6.07) is 4.26. The number of hydrogen-bond acceptors (Lipinski definition) is 3. The summed E-state index contributed by atoms with van der Waals surface area (Å²) in [6.45, 7) is 2.25. The lowest BCUT2D eigenvalue weighted by molar-refractivity contribution is 0.753.